The summed E-state index contributed by atoms with van der Waals surface area (Å²) in [5, 5.41) is -0.0180. The Kier molecular flexibility index (Phi) is 6.99. The van der Waals surface area contributed by atoms with E-state index in [-0.39, 0.29) is 47.6 Å². The Hall–Kier alpha value is -0.760. The summed E-state index contributed by atoms with van der Waals surface area (Å²) in [5.74, 6) is -0.0435. The third-order valence-corrected chi connectivity index (χ3v) is 6.45. The largest absolute Gasteiger partial charge is 0.465 e. The van der Waals surface area contributed by atoms with Crippen molar-refractivity contribution in [2.45, 2.75) is 38.5 Å². The van der Waals surface area contributed by atoms with Crippen LogP contribution in [0.3, 0.4) is 0 Å². The van der Waals surface area contributed by atoms with Gasteiger partial charge in [0.15, 0.2) is 9.84 Å². The van der Waals surface area contributed by atoms with Crippen LogP contribution in [-0.2, 0) is 24.2 Å². The third kappa shape index (κ3) is 6.25. The van der Waals surface area contributed by atoms with Crippen molar-refractivity contribution >= 4 is 33.5 Å². The zero-order chi connectivity index (χ0) is 16.0. The highest BCUT2D eigenvalue weighted by molar-refractivity contribution is 8.02. The first-order valence-corrected chi connectivity index (χ1v) is 9.89. The van der Waals surface area contributed by atoms with Crippen LogP contribution in [-0.4, -0.2) is 66.9 Å². The fourth-order valence-corrected chi connectivity index (χ4v) is 5.60. The molecule has 0 aromatic carbocycles. The molecule has 0 bridgehead atoms. The van der Waals surface area contributed by atoms with E-state index in [0.717, 1.165) is 0 Å². The minimum atomic E-state index is -2.93. The fourth-order valence-electron chi connectivity index (χ4n) is 2.07. The lowest BCUT2D eigenvalue weighted by molar-refractivity contribution is -0.149. The molecular formula is C13H23NO5S2. The molecule has 21 heavy (non-hydrogen) atoms. The summed E-state index contributed by atoms with van der Waals surface area (Å²) in [6, 6.07) is -0.102. The Morgan fingerprint density at radius 1 is 1.38 bits per heavy atom. The van der Waals surface area contributed by atoms with Gasteiger partial charge in [0.05, 0.1) is 23.9 Å². The van der Waals surface area contributed by atoms with Crippen LogP contribution in [0.1, 0.15) is 27.2 Å². The number of hydrogen-bond donors (Lipinski definition) is 0. The molecule has 0 radical (unpaired) electrons. The van der Waals surface area contributed by atoms with E-state index in [4.69, 9.17) is 4.74 Å². The molecule has 8 heteroatoms. The Bertz CT molecular complexity index is 475. The first kappa shape index (κ1) is 18.3. The molecular weight excluding hydrogens is 314 g/mol. The molecule has 6 nitrogen and oxygen atoms in total. The van der Waals surface area contributed by atoms with Crippen LogP contribution < -0.4 is 0 Å². The van der Waals surface area contributed by atoms with E-state index < -0.39 is 15.8 Å². The smallest absolute Gasteiger partial charge is 0.325 e. The van der Waals surface area contributed by atoms with Crippen molar-refractivity contribution in [3.63, 3.8) is 0 Å². The Morgan fingerprint density at radius 3 is 2.52 bits per heavy atom. The van der Waals surface area contributed by atoms with E-state index in [1.165, 1.54) is 16.7 Å². The number of carbonyl (C=O) groups excluding carboxylic acids is 2. The highest BCUT2D eigenvalue weighted by Gasteiger charge is 2.29. The lowest BCUT2D eigenvalue weighted by Crippen LogP contribution is -2.42. The molecule has 1 saturated heterocycles. The molecule has 1 rings (SSSR count). The van der Waals surface area contributed by atoms with Crippen LogP contribution >= 0.6 is 11.8 Å². The summed E-state index contributed by atoms with van der Waals surface area (Å²) in [5.41, 5.74) is 0. The summed E-state index contributed by atoms with van der Waals surface area (Å²) >= 11 is 1.36. The average molecular weight is 337 g/mol. The SMILES string of the molecule is CCOC(=O)CN(C(=O)CSC1CCS(=O)(=O)C1)C(C)C. The van der Waals surface area contributed by atoms with Gasteiger partial charge in [-0.25, -0.2) is 8.42 Å². The molecule has 1 unspecified atom stereocenters. The minimum Gasteiger partial charge on any atom is -0.465 e. The molecule has 1 aliphatic rings. The fraction of sp³-hybridized carbons (Fsp3) is 0.846. The number of hydrogen-bond acceptors (Lipinski definition) is 6. The third-order valence-electron chi connectivity index (χ3n) is 3.18. The van der Waals surface area contributed by atoms with Gasteiger partial charge in [-0.2, -0.15) is 0 Å². The molecule has 1 amide bonds. The number of esters is 1. The number of rotatable bonds is 7. The highest BCUT2D eigenvalue weighted by atomic mass is 32.2. The molecule has 1 atom stereocenters. The zero-order valence-electron chi connectivity index (χ0n) is 12.7. The van der Waals surface area contributed by atoms with Crippen LogP contribution in [0.4, 0.5) is 0 Å². The molecule has 0 aromatic heterocycles. The first-order valence-electron chi connectivity index (χ1n) is 7.02. The van der Waals surface area contributed by atoms with Gasteiger partial charge >= 0.3 is 5.97 Å². The van der Waals surface area contributed by atoms with Gasteiger partial charge in [-0.3, -0.25) is 9.59 Å². The molecule has 0 N–H and O–H groups in total. The maximum Gasteiger partial charge on any atom is 0.325 e. The molecule has 0 aromatic rings. The van der Waals surface area contributed by atoms with Crippen molar-refractivity contribution in [1.82, 2.24) is 4.90 Å². The Labute approximate surface area is 130 Å². The predicted molar refractivity (Wildman–Crippen MR) is 83.0 cm³/mol. The topological polar surface area (TPSA) is 80.8 Å². The van der Waals surface area contributed by atoms with Gasteiger partial charge in [-0.05, 0) is 27.2 Å². The highest BCUT2D eigenvalue weighted by Crippen LogP contribution is 2.24. The molecule has 1 fully saturated rings. The van der Waals surface area contributed by atoms with Gasteiger partial charge in [0.25, 0.3) is 0 Å². The van der Waals surface area contributed by atoms with Crippen molar-refractivity contribution in [3.8, 4) is 0 Å². The standard InChI is InChI=1S/C13H23NO5S2/c1-4-19-13(16)7-14(10(2)3)12(15)8-20-11-5-6-21(17,18)9-11/h10-11H,4-9H2,1-3H3. The normalized spacial score (nSPS) is 20.5. The summed E-state index contributed by atoms with van der Waals surface area (Å²) in [6.07, 6.45) is 0.597. The van der Waals surface area contributed by atoms with Crippen molar-refractivity contribution < 1.29 is 22.7 Å². The van der Waals surface area contributed by atoms with Gasteiger partial charge in [0, 0.05) is 11.3 Å². The molecule has 1 heterocycles. The maximum atomic E-state index is 12.2. The van der Waals surface area contributed by atoms with E-state index >= 15 is 0 Å². The lowest BCUT2D eigenvalue weighted by Gasteiger charge is -2.26. The summed E-state index contributed by atoms with van der Waals surface area (Å²) in [7, 11) is -2.93. The summed E-state index contributed by atoms with van der Waals surface area (Å²) < 4.78 is 27.6. The van der Waals surface area contributed by atoms with Gasteiger partial charge in [-0.15, -0.1) is 11.8 Å². The monoisotopic (exact) mass is 337 g/mol. The number of ether oxygens (including phenoxy) is 1. The quantitative estimate of drug-likeness (QED) is 0.636. The van der Waals surface area contributed by atoms with Gasteiger partial charge in [0.1, 0.15) is 6.54 Å². The average Bonchev–Trinajstić information content (AvgIpc) is 2.73. The Balaban J connectivity index is 2.48. The van der Waals surface area contributed by atoms with Gasteiger partial charge in [0.2, 0.25) is 5.91 Å². The second-order valence-corrected chi connectivity index (χ2v) is 8.77. The predicted octanol–water partition coefficient (Wildman–Crippen LogP) is 0.707. The van der Waals surface area contributed by atoms with Crippen molar-refractivity contribution in [1.29, 1.82) is 0 Å². The number of amides is 1. The molecule has 0 aliphatic carbocycles. The number of nitrogens with zero attached hydrogens (tertiary/aromatic N) is 1. The van der Waals surface area contributed by atoms with Crippen LogP contribution in [0.25, 0.3) is 0 Å². The second-order valence-electron chi connectivity index (χ2n) is 5.26. The van der Waals surface area contributed by atoms with Crippen LogP contribution in [0, 0.1) is 0 Å². The van der Waals surface area contributed by atoms with Crippen LogP contribution in [0.5, 0.6) is 0 Å². The molecule has 0 spiro atoms. The van der Waals surface area contributed by atoms with E-state index in [1.807, 2.05) is 13.8 Å². The van der Waals surface area contributed by atoms with E-state index in [0.29, 0.717) is 6.42 Å². The number of sulfone groups is 1. The number of carbonyl (C=O) groups is 2. The number of thioether (sulfide) groups is 1. The van der Waals surface area contributed by atoms with E-state index in [2.05, 4.69) is 0 Å². The molecule has 0 saturated carbocycles. The van der Waals surface area contributed by atoms with Gasteiger partial charge in [-0.1, -0.05) is 0 Å². The van der Waals surface area contributed by atoms with Crippen molar-refractivity contribution in [2.24, 2.45) is 0 Å². The zero-order valence-corrected chi connectivity index (χ0v) is 14.3. The van der Waals surface area contributed by atoms with Crippen molar-refractivity contribution in [2.75, 3.05) is 30.4 Å². The van der Waals surface area contributed by atoms with Crippen molar-refractivity contribution in [3.05, 3.63) is 0 Å². The summed E-state index contributed by atoms with van der Waals surface area (Å²) in [4.78, 5) is 25.2. The maximum absolute atomic E-state index is 12.2. The Morgan fingerprint density at radius 2 is 2.05 bits per heavy atom. The minimum absolute atomic E-state index is 0.0180. The molecule has 1 aliphatic heterocycles. The first-order chi connectivity index (χ1) is 9.75. The van der Waals surface area contributed by atoms with Crippen LogP contribution in [0.2, 0.25) is 0 Å². The second kappa shape index (κ2) is 8.03. The lowest BCUT2D eigenvalue weighted by atomic mass is 10.3. The van der Waals surface area contributed by atoms with Gasteiger partial charge < -0.3 is 9.64 Å². The molecule has 122 valence electrons. The van der Waals surface area contributed by atoms with E-state index in [9.17, 15) is 18.0 Å². The summed E-state index contributed by atoms with van der Waals surface area (Å²) in [6.45, 7) is 5.61. The van der Waals surface area contributed by atoms with Crippen LogP contribution in [0.15, 0.2) is 0 Å². The van der Waals surface area contributed by atoms with E-state index in [1.54, 1.807) is 6.92 Å².